The molecule has 2 heteroatoms. The molecule has 0 saturated carbocycles. The second-order valence-electron chi connectivity index (χ2n) is 3.50. The quantitative estimate of drug-likeness (QED) is 0.653. The molecule has 0 N–H and O–H groups in total. The van der Waals surface area contributed by atoms with Crippen molar-refractivity contribution in [1.82, 2.24) is 0 Å². The molecule has 0 amide bonds. The Kier molecular flexibility index (Phi) is 3.18. The summed E-state index contributed by atoms with van der Waals surface area (Å²) in [6, 6.07) is 6.10. The van der Waals surface area contributed by atoms with Gasteiger partial charge in [0.25, 0.3) is 0 Å². The van der Waals surface area contributed by atoms with Crippen molar-refractivity contribution in [3.05, 3.63) is 35.6 Å². The Bertz CT molecular complexity index is 305. The molecule has 0 aliphatic heterocycles. The molecule has 0 bridgehead atoms. The first kappa shape index (κ1) is 9.90. The maximum Gasteiger partial charge on any atom is 0.166 e. The number of Topliss-reactive ketones (excluding diaryl/α,β-unsaturated/α-hetero) is 1. The minimum atomic E-state index is -0.423. The zero-order valence-electron chi connectivity index (χ0n) is 7.88. The molecule has 1 aromatic rings. The molecule has 1 aromatic carbocycles. The van der Waals surface area contributed by atoms with Gasteiger partial charge in [-0.3, -0.25) is 4.79 Å². The lowest BCUT2D eigenvalue weighted by Gasteiger charge is -2.04. The van der Waals surface area contributed by atoms with Crippen molar-refractivity contribution in [1.29, 1.82) is 0 Å². The predicted molar refractivity (Wildman–Crippen MR) is 50.2 cm³/mol. The van der Waals surface area contributed by atoms with Gasteiger partial charge >= 0.3 is 0 Å². The summed E-state index contributed by atoms with van der Waals surface area (Å²) in [4.78, 5) is 11.4. The van der Waals surface area contributed by atoms with E-state index in [1.165, 1.54) is 12.1 Å². The van der Waals surface area contributed by atoms with E-state index in [1.807, 2.05) is 13.8 Å². The number of rotatable bonds is 3. The number of carbonyl (C=O) groups is 1. The maximum absolute atomic E-state index is 13.1. The van der Waals surface area contributed by atoms with E-state index in [2.05, 4.69) is 0 Å². The number of hydrogen-bond donors (Lipinski definition) is 0. The summed E-state index contributed by atoms with van der Waals surface area (Å²) in [6.45, 7) is 3.89. The third-order valence-electron chi connectivity index (χ3n) is 1.77. The number of hydrogen-bond acceptors (Lipinski definition) is 1. The van der Waals surface area contributed by atoms with E-state index in [-0.39, 0.29) is 17.3 Å². The zero-order valence-corrected chi connectivity index (χ0v) is 7.88. The molecule has 0 radical (unpaired) electrons. The molecule has 1 rings (SSSR count). The number of carbonyl (C=O) groups excluding carboxylic acids is 1. The fourth-order valence-corrected chi connectivity index (χ4v) is 1.17. The second kappa shape index (κ2) is 4.17. The van der Waals surface area contributed by atoms with Gasteiger partial charge in [0.2, 0.25) is 0 Å². The van der Waals surface area contributed by atoms with Gasteiger partial charge in [0, 0.05) is 6.42 Å². The van der Waals surface area contributed by atoms with E-state index in [1.54, 1.807) is 12.1 Å². The van der Waals surface area contributed by atoms with Crippen LogP contribution in [0, 0.1) is 11.7 Å². The van der Waals surface area contributed by atoms with Crippen molar-refractivity contribution in [2.24, 2.45) is 5.92 Å². The Morgan fingerprint density at radius 2 is 2.00 bits per heavy atom. The number of ketones is 1. The molecule has 0 atom stereocenters. The molecule has 0 aromatic heterocycles. The SMILES string of the molecule is CC(C)CC(=O)c1ccccc1F. The minimum Gasteiger partial charge on any atom is -0.294 e. The van der Waals surface area contributed by atoms with Gasteiger partial charge in [-0.05, 0) is 18.1 Å². The highest BCUT2D eigenvalue weighted by atomic mass is 19.1. The average molecular weight is 180 g/mol. The topological polar surface area (TPSA) is 17.1 Å². The number of halogens is 1. The normalized spacial score (nSPS) is 10.5. The molecular weight excluding hydrogens is 167 g/mol. The van der Waals surface area contributed by atoms with Crippen LogP contribution in [0.1, 0.15) is 30.6 Å². The second-order valence-corrected chi connectivity index (χ2v) is 3.50. The van der Waals surface area contributed by atoms with Crippen molar-refractivity contribution in [2.75, 3.05) is 0 Å². The van der Waals surface area contributed by atoms with Gasteiger partial charge in [0.15, 0.2) is 5.78 Å². The molecule has 0 aliphatic rings. The molecule has 0 saturated heterocycles. The summed E-state index contributed by atoms with van der Waals surface area (Å²) in [5.41, 5.74) is 0.205. The van der Waals surface area contributed by atoms with Crippen LogP contribution in [0.4, 0.5) is 4.39 Å². The minimum absolute atomic E-state index is 0.117. The van der Waals surface area contributed by atoms with E-state index >= 15 is 0 Å². The summed E-state index contributed by atoms with van der Waals surface area (Å²) >= 11 is 0. The lowest BCUT2D eigenvalue weighted by atomic mass is 10.0. The molecule has 0 spiro atoms. The van der Waals surface area contributed by atoms with Gasteiger partial charge in [0.1, 0.15) is 5.82 Å². The summed E-state index contributed by atoms with van der Waals surface area (Å²) in [5, 5.41) is 0. The van der Waals surface area contributed by atoms with Crippen LogP contribution in [0.3, 0.4) is 0 Å². The van der Waals surface area contributed by atoms with Gasteiger partial charge in [-0.25, -0.2) is 4.39 Å². The van der Waals surface area contributed by atoms with Crippen molar-refractivity contribution >= 4 is 5.78 Å². The summed E-state index contributed by atoms with van der Waals surface area (Å²) in [7, 11) is 0. The van der Waals surface area contributed by atoms with Crippen LogP contribution >= 0.6 is 0 Å². The Hall–Kier alpha value is -1.18. The first-order chi connectivity index (χ1) is 6.11. The van der Waals surface area contributed by atoms with Gasteiger partial charge in [-0.15, -0.1) is 0 Å². The van der Waals surface area contributed by atoms with Gasteiger partial charge in [0.05, 0.1) is 5.56 Å². The first-order valence-electron chi connectivity index (χ1n) is 4.39. The Morgan fingerprint density at radius 1 is 1.38 bits per heavy atom. The van der Waals surface area contributed by atoms with E-state index in [0.717, 1.165) is 0 Å². The zero-order chi connectivity index (χ0) is 9.84. The lowest BCUT2D eigenvalue weighted by molar-refractivity contribution is 0.0964. The molecule has 0 heterocycles. The van der Waals surface area contributed by atoms with E-state index in [4.69, 9.17) is 0 Å². The van der Waals surface area contributed by atoms with Gasteiger partial charge in [-0.1, -0.05) is 26.0 Å². The number of benzene rings is 1. The fraction of sp³-hybridized carbons (Fsp3) is 0.364. The van der Waals surface area contributed by atoms with Crippen LogP contribution in [-0.4, -0.2) is 5.78 Å². The van der Waals surface area contributed by atoms with Gasteiger partial charge < -0.3 is 0 Å². The molecule has 70 valence electrons. The van der Waals surface area contributed by atoms with E-state index < -0.39 is 5.82 Å². The third-order valence-corrected chi connectivity index (χ3v) is 1.77. The summed E-state index contributed by atoms with van der Waals surface area (Å²) < 4.78 is 13.1. The maximum atomic E-state index is 13.1. The average Bonchev–Trinajstić information content (AvgIpc) is 2.03. The van der Waals surface area contributed by atoms with E-state index in [9.17, 15) is 9.18 Å². The Labute approximate surface area is 77.6 Å². The van der Waals surface area contributed by atoms with Crippen molar-refractivity contribution in [3.63, 3.8) is 0 Å². The van der Waals surface area contributed by atoms with Crippen LogP contribution in [0.5, 0.6) is 0 Å². The smallest absolute Gasteiger partial charge is 0.166 e. The lowest BCUT2D eigenvalue weighted by Crippen LogP contribution is -2.05. The Balaban J connectivity index is 2.83. The van der Waals surface area contributed by atoms with Crippen molar-refractivity contribution in [2.45, 2.75) is 20.3 Å². The van der Waals surface area contributed by atoms with Crippen LogP contribution in [0.2, 0.25) is 0 Å². The van der Waals surface area contributed by atoms with Gasteiger partial charge in [-0.2, -0.15) is 0 Å². The predicted octanol–water partition coefficient (Wildman–Crippen LogP) is 3.05. The van der Waals surface area contributed by atoms with Crippen LogP contribution in [-0.2, 0) is 0 Å². The highest BCUT2D eigenvalue weighted by molar-refractivity contribution is 5.96. The monoisotopic (exact) mass is 180 g/mol. The van der Waals surface area contributed by atoms with Crippen molar-refractivity contribution in [3.8, 4) is 0 Å². The third kappa shape index (κ3) is 2.65. The molecule has 0 fully saturated rings. The standard InChI is InChI=1S/C11H13FO/c1-8(2)7-11(13)9-5-3-4-6-10(9)12/h3-6,8H,7H2,1-2H3. The summed E-state index contributed by atoms with van der Waals surface area (Å²) in [5.74, 6) is -0.270. The van der Waals surface area contributed by atoms with Crippen LogP contribution < -0.4 is 0 Å². The Morgan fingerprint density at radius 3 is 2.54 bits per heavy atom. The highest BCUT2D eigenvalue weighted by Gasteiger charge is 2.11. The van der Waals surface area contributed by atoms with E-state index in [0.29, 0.717) is 6.42 Å². The fourth-order valence-electron chi connectivity index (χ4n) is 1.17. The highest BCUT2D eigenvalue weighted by Crippen LogP contribution is 2.12. The van der Waals surface area contributed by atoms with Crippen LogP contribution in [0.15, 0.2) is 24.3 Å². The van der Waals surface area contributed by atoms with Crippen molar-refractivity contribution < 1.29 is 9.18 Å². The molecule has 1 nitrogen and oxygen atoms in total. The molecule has 13 heavy (non-hydrogen) atoms. The summed E-state index contributed by atoms with van der Waals surface area (Å²) in [6.07, 6.45) is 0.404. The van der Waals surface area contributed by atoms with Crippen LogP contribution in [0.25, 0.3) is 0 Å². The molecule has 0 unspecified atom stereocenters. The largest absolute Gasteiger partial charge is 0.294 e. The molecule has 0 aliphatic carbocycles. The molecular formula is C11H13FO. The first-order valence-corrected chi connectivity index (χ1v) is 4.39.